The van der Waals surface area contributed by atoms with Gasteiger partial charge in [-0.05, 0) is 19.1 Å². The molecular weight excluding hydrogens is 290 g/mol. The summed E-state index contributed by atoms with van der Waals surface area (Å²) in [6, 6.07) is 17.2. The average molecular weight is 307 g/mol. The van der Waals surface area contributed by atoms with Crippen LogP contribution in [0.2, 0.25) is 0 Å². The molecule has 0 amide bonds. The monoisotopic (exact) mass is 307 g/mol. The fourth-order valence-corrected chi connectivity index (χ4v) is 2.77. The number of benzene rings is 2. The predicted molar refractivity (Wildman–Crippen MR) is 89.4 cm³/mol. The molecule has 2 aromatic carbocycles. The molecule has 116 valence electrons. The van der Waals surface area contributed by atoms with Crippen LogP contribution < -0.4 is 0 Å². The number of aldehydes is 1. The van der Waals surface area contributed by atoms with Gasteiger partial charge < -0.3 is 9.30 Å². The quantitative estimate of drug-likeness (QED) is 0.533. The number of nitrogens with zero attached hydrogens (tertiary/aromatic N) is 1. The Morgan fingerprint density at radius 3 is 2.65 bits per heavy atom. The van der Waals surface area contributed by atoms with E-state index in [2.05, 4.69) is 0 Å². The third kappa shape index (κ3) is 2.88. The molecule has 0 aliphatic carbocycles. The minimum absolute atomic E-state index is 0.115. The Labute approximate surface area is 134 Å². The lowest BCUT2D eigenvalue weighted by Gasteiger charge is -2.11. The van der Waals surface area contributed by atoms with Crippen molar-refractivity contribution in [2.24, 2.45) is 0 Å². The summed E-state index contributed by atoms with van der Waals surface area (Å²) in [7, 11) is 0. The normalized spacial score (nSPS) is 10.7. The first kappa shape index (κ1) is 15.0. The van der Waals surface area contributed by atoms with Crippen LogP contribution in [0.15, 0.2) is 54.6 Å². The molecule has 1 aromatic heterocycles. The van der Waals surface area contributed by atoms with Gasteiger partial charge in [-0.15, -0.1) is 0 Å². The van der Waals surface area contributed by atoms with Gasteiger partial charge in [-0.25, -0.2) is 0 Å². The number of fused-ring (bicyclic) bond motifs is 1. The molecule has 0 saturated carbocycles. The van der Waals surface area contributed by atoms with Crippen LogP contribution in [0.3, 0.4) is 0 Å². The Morgan fingerprint density at radius 1 is 1.13 bits per heavy atom. The summed E-state index contributed by atoms with van der Waals surface area (Å²) in [6.07, 6.45) is 0.835. The number of carbonyl (C=O) groups excluding carboxylic acids is 2. The van der Waals surface area contributed by atoms with Gasteiger partial charge in [0.2, 0.25) is 0 Å². The molecule has 0 saturated heterocycles. The van der Waals surface area contributed by atoms with Crippen LogP contribution >= 0.6 is 0 Å². The van der Waals surface area contributed by atoms with E-state index < -0.39 is 0 Å². The van der Waals surface area contributed by atoms with Crippen molar-refractivity contribution in [2.45, 2.75) is 13.5 Å². The van der Waals surface area contributed by atoms with Crippen molar-refractivity contribution in [3.05, 3.63) is 60.2 Å². The summed E-state index contributed by atoms with van der Waals surface area (Å²) < 4.78 is 6.98. The highest BCUT2D eigenvalue weighted by molar-refractivity contribution is 5.93. The lowest BCUT2D eigenvalue weighted by atomic mass is 10.1. The van der Waals surface area contributed by atoms with E-state index in [-0.39, 0.29) is 12.5 Å². The van der Waals surface area contributed by atoms with Crippen LogP contribution in [-0.4, -0.2) is 23.4 Å². The summed E-state index contributed by atoms with van der Waals surface area (Å²) in [4.78, 5) is 23.3. The molecule has 0 bridgehead atoms. The van der Waals surface area contributed by atoms with Crippen LogP contribution in [0.5, 0.6) is 0 Å². The third-order valence-electron chi connectivity index (χ3n) is 3.77. The molecule has 0 unspecified atom stereocenters. The van der Waals surface area contributed by atoms with Crippen LogP contribution in [0.1, 0.15) is 17.3 Å². The summed E-state index contributed by atoms with van der Waals surface area (Å²) in [5.74, 6) is -0.293. The maximum Gasteiger partial charge on any atom is 0.325 e. The number of ether oxygens (including phenoxy) is 1. The highest BCUT2D eigenvalue weighted by Crippen LogP contribution is 2.30. The fraction of sp³-hybridized carbons (Fsp3) is 0.158. The van der Waals surface area contributed by atoms with Crippen molar-refractivity contribution in [3.63, 3.8) is 0 Å². The summed E-state index contributed by atoms with van der Waals surface area (Å²) in [5.41, 5.74) is 3.18. The summed E-state index contributed by atoms with van der Waals surface area (Å²) >= 11 is 0. The zero-order valence-corrected chi connectivity index (χ0v) is 12.9. The Kier molecular flexibility index (Phi) is 4.24. The van der Waals surface area contributed by atoms with Gasteiger partial charge in [-0.3, -0.25) is 9.59 Å². The molecule has 0 N–H and O–H groups in total. The zero-order valence-electron chi connectivity index (χ0n) is 12.9. The largest absolute Gasteiger partial charge is 0.465 e. The molecule has 23 heavy (non-hydrogen) atoms. The lowest BCUT2D eigenvalue weighted by molar-refractivity contribution is -0.143. The van der Waals surface area contributed by atoms with Crippen molar-refractivity contribution in [3.8, 4) is 11.3 Å². The number of hydrogen-bond acceptors (Lipinski definition) is 3. The number of esters is 1. The molecule has 0 aliphatic heterocycles. The number of aromatic nitrogens is 1. The van der Waals surface area contributed by atoms with E-state index in [9.17, 15) is 9.59 Å². The first-order chi connectivity index (χ1) is 11.2. The maximum atomic E-state index is 12.0. The average Bonchev–Trinajstić information content (AvgIpc) is 2.93. The van der Waals surface area contributed by atoms with Gasteiger partial charge in [-0.1, -0.05) is 42.5 Å². The first-order valence-electron chi connectivity index (χ1n) is 7.53. The van der Waals surface area contributed by atoms with E-state index >= 15 is 0 Å². The van der Waals surface area contributed by atoms with Gasteiger partial charge in [-0.2, -0.15) is 0 Å². The second-order valence-electron chi connectivity index (χ2n) is 5.18. The Morgan fingerprint density at radius 2 is 1.87 bits per heavy atom. The number of para-hydroxylation sites is 1. The second-order valence-corrected chi connectivity index (χ2v) is 5.18. The SMILES string of the molecule is CCOC(=O)Cn1c(-c2ccccc2C=O)cc2ccccc21. The highest BCUT2D eigenvalue weighted by Gasteiger charge is 2.15. The minimum Gasteiger partial charge on any atom is -0.465 e. The van der Waals surface area contributed by atoms with E-state index in [1.54, 1.807) is 13.0 Å². The zero-order chi connectivity index (χ0) is 16.2. The molecule has 4 nitrogen and oxygen atoms in total. The summed E-state index contributed by atoms with van der Waals surface area (Å²) in [6.45, 7) is 2.25. The maximum absolute atomic E-state index is 12.0. The number of carbonyl (C=O) groups is 2. The molecule has 1 heterocycles. The molecule has 0 spiro atoms. The smallest absolute Gasteiger partial charge is 0.325 e. The van der Waals surface area contributed by atoms with E-state index in [0.717, 1.165) is 28.4 Å². The number of rotatable bonds is 5. The minimum atomic E-state index is -0.293. The lowest BCUT2D eigenvalue weighted by Crippen LogP contribution is -2.14. The third-order valence-corrected chi connectivity index (χ3v) is 3.77. The molecule has 4 heteroatoms. The van der Waals surface area contributed by atoms with Gasteiger partial charge in [0.25, 0.3) is 0 Å². The molecule has 3 aromatic rings. The number of hydrogen-bond donors (Lipinski definition) is 0. The molecule has 0 aliphatic rings. The van der Waals surface area contributed by atoms with Crippen molar-refractivity contribution in [1.82, 2.24) is 4.57 Å². The molecule has 3 rings (SSSR count). The fourth-order valence-electron chi connectivity index (χ4n) is 2.77. The van der Waals surface area contributed by atoms with E-state index in [4.69, 9.17) is 4.74 Å². The van der Waals surface area contributed by atoms with Gasteiger partial charge in [0, 0.05) is 22.0 Å². The first-order valence-corrected chi connectivity index (χ1v) is 7.53. The van der Waals surface area contributed by atoms with Gasteiger partial charge in [0.15, 0.2) is 6.29 Å². The van der Waals surface area contributed by atoms with Crippen LogP contribution in [0, 0.1) is 0 Å². The topological polar surface area (TPSA) is 48.3 Å². The van der Waals surface area contributed by atoms with Crippen molar-refractivity contribution < 1.29 is 14.3 Å². The Hall–Kier alpha value is -2.88. The Bertz CT molecular complexity index is 864. The van der Waals surface area contributed by atoms with Crippen LogP contribution in [-0.2, 0) is 16.1 Å². The predicted octanol–water partition coefficient (Wildman–Crippen LogP) is 3.68. The Balaban J connectivity index is 2.19. The summed E-state index contributed by atoms with van der Waals surface area (Å²) in [5, 5.41) is 1.02. The molecule has 0 fully saturated rings. The molecule has 0 radical (unpaired) electrons. The van der Waals surface area contributed by atoms with Crippen LogP contribution in [0.4, 0.5) is 0 Å². The molecular formula is C19H17NO3. The van der Waals surface area contributed by atoms with Crippen LogP contribution in [0.25, 0.3) is 22.2 Å². The van der Waals surface area contributed by atoms with Gasteiger partial charge in [0.1, 0.15) is 6.54 Å². The highest BCUT2D eigenvalue weighted by atomic mass is 16.5. The molecule has 0 atom stereocenters. The van der Waals surface area contributed by atoms with E-state index in [1.807, 2.05) is 53.1 Å². The van der Waals surface area contributed by atoms with E-state index in [1.165, 1.54) is 0 Å². The second kappa shape index (κ2) is 6.48. The van der Waals surface area contributed by atoms with Gasteiger partial charge in [0.05, 0.1) is 12.3 Å². The van der Waals surface area contributed by atoms with Crippen molar-refractivity contribution >= 4 is 23.2 Å². The van der Waals surface area contributed by atoms with Crippen molar-refractivity contribution in [1.29, 1.82) is 0 Å². The standard InChI is InChI=1S/C19H17NO3/c1-2-23-19(22)12-20-17-10-6-4-7-14(17)11-18(20)16-9-5-3-8-15(16)13-21/h3-11,13H,2,12H2,1H3. The van der Waals surface area contributed by atoms with E-state index in [0.29, 0.717) is 12.2 Å². The van der Waals surface area contributed by atoms with Gasteiger partial charge >= 0.3 is 5.97 Å². The van der Waals surface area contributed by atoms with Crippen molar-refractivity contribution in [2.75, 3.05) is 6.61 Å².